The van der Waals surface area contributed by atoms with Crippen LogP contribution in [0.5, 0.6) is 5.75 Å². The Morgan fingerprint density at radius 3 is 2.43 bits per heavy atom. The molecule has 1 aromatic heterocycles. The van der Waals surface area contributed by atoms with Crippen molar-refractivity contribution in [3.05, 3.63) is 70.7 Å². The van der Waals surface area contributed by atoms with Gasteiger partial charge in [-0.15, -0.1) is 11.3 Å². The zero-order valence-electron chi connectivity index (χ0n) is 21.1. The van der Waals surface area contributed by atoms with Crippen LogP contribution in [0.15, 0.2) is 70.2 Å². The van der Waals surface area contributed by atoms with E-state index in [0.717, 1.165) is 16.8 Å². The van der Waals surface area contributed by atoms with E-state index in [1.807, 2.05) is 29.6 Å². The average Bonchev–Trinajstić information content (AvgIpc) is 3.33. The smallest absolute Gasteiger partial charge is 0.336 e. The number of thiazole rings is 1. The van der Waals surface area contributed by atoms with Crippen molar-refractivity contribution in [2.24, 2.45) is 10.9 Å². The molecular formula is C28H29N3O5S. The number of benzene rings is 2. The minimum Gasteiger partial charge on any atom is -0.508 e. The molecule has 0 amide bonds. The molecule has 1 aliphatic rings. The second kappa shape index (κ2) is 11.4. The molecule has 2 unspecified atom stereocenters. The summed E-state index contributed by atoms with van der Waals surface area (Å²) in [6.07, 6.45) is 0. The van der Waals surface area contributed by atoms with E-state index in [-0.39, 0.29) is 19.0 Å². The van der Waals surface area contributed by atoms with E-state index >= 15 is 0 Å². The van der Waals surface area contributed by atoms with Crippen LogP contribution < -0.4 is 5.32 Å². The number of anilines is 2. The maximum Gasteiger partial charge on any atom is 0.336 e. The fourth-order valence-corrected chi connectivity index (χ4v) is 5.21. The van der Waals surface area contributed by atoms with Gasteiger partial charge in [-0.25, -0.2) is 9.78 Å². The lowest BCUT2D eigenvalue weighted by molar-refractivity contribution is -0.146. The molecule has 3 aromatic rings. The highest BCUT2D eigenvalue weighted by Gasteiger charge is 2.43. The van der Waals surface area contributed by atoms with Gasteiger partial charge in [0.25, 0.3) is 0 Å². The van der Waals surface area contributed by atoms with Gasteiger partial charge in [-0.3, -0.25) is 9.79 Å². The average molecular weight is 520 g/mol. The van der Waals surface area contributed by atoms with Crippen LogP contribution in [0.1, 0.15) is 39.2 Å². The number of ether oxygens (including phenoxy) is 2. The van der Waals surface area contributed by atoms with Crippen molar-refractivity contribution in [1.82, 2.24) is 4.98 Å². The van der Waals surface area contributed by atoms with E-state index in [4.69, 9.17) is 14.5 Å². The van der Waals surface area contributed by atoms with Gasteiger partial charge in [-0.05, 0) is 63.6 Å². The number of hydrogen-bond donors (Lipinski definition) is 2. The second-order valence-electron chi connectivity index (χ2n) is 8.48. The van der Waals surface area contributed by atoms with Crippen LogP contribution in [-0.4, -0.2) is 41.0 Å². The molecule has 0 radical (unpaired) electrons. The molecule has 4 rings (SSSR count). The van der Waals surface area contributed by atoms with Crippen LogP contribution in [0.25, 0.3) is 11.3 Å². The van der Waals surface area contributed by atoms with E-state index in [1.165, 1.54) is 11.3 Å². The van der Waals surface area contributed by atoms with Crippen molar-refractivity contribution >= 4 is 39.8 Å². The van der Waals surface area contributed by atoms with E-state index in [9.17, 15) is 14.7 Å². The highest BCUT2D eigenvalue weighted by atomic mass is 32.1. The van der Waals surface area contributed by atoms with Gasteiger partial charge in [0.1, 0.15) is 11.7 Å². The lowest BCUT2D eigenvalue weighted by Gasteiger charge is -2.32. The van der Waals surface area contributed by atoms with Crippen LogP contribution in [0, 0.1) is 5.92 Å². The predicted octanol–water partition coefficient (Wildman–Crippen LogP) is 5.83. The number of esters is 2. The standard InChI is InChI=1S/C28H29N3O5S/c1-5-35-26(33)23-16(3)29-17(4)24(27(34)36-6-2)25(23)20-9-7-8-10-21(20)30-28-31-22(15-37-28)18-11-13-19(32)14-12-18/h7-15,23,25,32H,5-6H2,1-4H3,(H,30,31). The van der Waals surface area contributed by atoms with Gasteiger partial charge in [0.15, 0.2) is 5.13 Å². The second-order valence-corrected chi connectivity index (χ2v) is 9.34. The maximum atomic E-state index is 13.2. The summed E-state index contributed by atoms with van der Waals surface area (Å²) in [5, 5.41) is 15.5. The number of allylic oxidation sites excluding steroid dienone is 1. The molecule has 0 aliphatic carbocycles. The molecule has 2 heterocycles. The molecule has 8 nitrogen and oxygen atoms in total. The zero-order valence-corrected chi connectivity index (χ0v) is 22.0. The number of rotatable bonds is 8. The fourth-order valence-electron chi connectivity index (χ4n) is 4.48. The fraction of sp³-hybridized carbons (Fsp3) is 0.286. The topological polar surface area (TPSA) is 110 Å². The predicted molar refractivity (Wildman–Crippen MR) is 144 cm³/mol. The first-order valence-corrected chi connectivity index (χ1v) is 12.9. The number of para-hydroxylation sites is 1. The van der Waals surface area contributed by atoms with Gasteiger partial charge in [-0.2, -0.15) is 0 Å². The molecule has 2 atom stereocenters. The first-order chi connectivity index (χ1) is 17.8. The number of hydrogen-bond acceptors (Lipinski definition) is 9. The molecule has 0 saturated heterocycles. The third-order valence-corrected chi connectivity index (χ3v) is 6.83. The Morgan fingerprint density at radius 2 is 1.73 bits per heavy atom. The number of phenols is 1. The molecule has 0 spiro atoms. The summed E-state index contributed by atoms with van der Waals surface area (Å²) in [7, 11) is 0. The highest BCUT2D eigenvalue weighted by molar-refractivity contribution is 7.14. The molecular weight excluding hydrogens is 490 g/mol. The molecule has 192 valence electrons. The van der Waals surface area contributed by atoms with E-state index in [2.05, 4.69) is 10.3 Å². The van der Waals surface area contributed by atoms with Gasteiger partial charge in [0.2, 0.25) is 0 Å². The third kappa shape index (κ3) is 5.56. The molecule has 9 heteroatoms. The number of phenolic OH excluding ortho intramolecular Hbond substituents is 1. The first-order valence-electron chi connectivity index (χ1n) is 12.0. The van der Waals surface area contributed by atoms with E-state index in [1.54, 1.807) is 52.0 Å². The Labute approximate surface area is 219 Å². The van der Waals surface area contributed by atoms with Crippen LogP contribution >= 0.6 is 11.3 Å². The van der Waals surface area contributed by atoms with Gasteiger partial charge < -0.3 is 19.9 Å². The van der Waals surface area contributed by atoms with E-state index < -0.39 is 23.8 Å². The Bertz CT molecular complexity index is 1360. The summed E-state index contributed by atoms with van der Waals surface area (Å²) in [6.45, 7) is 7.44. The van der Waals surface area contributed by atoms with Crippen molar-refractivity contribution in [2.75, 3.05) is 18.5 Å². The van der Waals surface area contributed by atoms with Gasteiger partial charge >= 0.3 is 11.9 Å². The minimum absolute atomic E-state index is 0.189. The SMILES string of the molecule is CCOC(=O)C1=C(C)N=C(C)C(C(=O)OCC)C1c1ccccc1Nc1nc(-c2ccc(O)cc2)cs1. The summed E-state index contributed by atoms with van der Waals surface area (Å²) in [5.74, 6) is -2.20. The third-order valence-electron chi connectivity index (χ3n) is 6.07. The summed E-state index contributed by atoms with van der Waals surface area (Å²) in [4.78, 5) is 35.5. The van der Waals surface area contributed by atoms with Crippen molar-refractivity contribution < 1.29 is 24.2 Å². The Kier molecular flexibility index (Phi) is 8.03. The monoisotopic (exact) mass is 519 g/mol. The highest BCUT2D eigenvalue weighted by Crippen LogP contribution is 2.43. The van der Waals surface area contributed by atoms with Crippen LogP contribution in [0.3, 0.4) is 0 Å². The lowest BCUT2D eigenvalue weighted by Crippen LogP contribution is -2.36. The molecule has 0 saturated carbocycles. The normalized spacial score (nSPS) is 17.2. The number of aliphatic imine (C=N–C) groups is 1. The van der Waals surface area contributed by atoms with Crippen LogP contribution in [-0.2, 0) is 19.1 Å². The largest absolute Gasteiger partial charge is 0.508 e. The summed E-state index contributed by atoms with van der Waals surface area (Å²) >= 11 is 1.43. The van der Waals surface area contributed by atoms with Crippen LogP contribution in [0.2, 0.25) is 0 Å². The first kappa shape index (κ1) is 26.1. The van der Waals surface area contributed by atoms with E-state index in [0.29, 0.717) is 27.8 Å². The summed E-state index contributed by atoms with van der Waals surface area (Å²) in [5.41, 5.74) is 4.51. The van der Waals surface area contributed by atoms with Gasteiger partial charge in [-0.1, -0.05) is 18.2 Å². The quantitative estimate of drug-likeness (QED) is 0.360. The summed E-state index contributed by atoms with van der Waals surface area (Å²) in [6, 6.07) is 14.4. The van der Waals surface area contributed by atoms with Crippen molar-refractivity contribution in [3.8, 4) is 17.0 Å². The number of nitrogens with zero attached hydrogens (tertiary/aromatic N) is 2. The van der Waals surface area contributed by atoms with Crippen molar-refractivity contribution in [3.63, 3.8) is 0 Å². The molecule has 37 heavy (non-hydrogen) atoms. The number of carbonyl (C=O) groups excluding carboxylic acids is 2. The number of aromatic nitrogens is 1. The maximum absolute atomic E-state index is 13.2. The molecule has 2 N–H and O–H groups in total. The summed E-state index contributed by atoms with van der Waals surface area (Å²) < 4.78 is 10.8. The number of carbonyl (C=O) groups is 2. The van der Waals surface area contributed by atoms with Crippen molar-refractivity contribution in [1.29, 1.82) is 0 Å². The van der Waals surface area contributed by atoms with Crippen molar-refractivity contribution in [2.45, 2.75) is 33.6 Å². The number of nitrogens with one attached hydrogen (secondary N) is 1. The molecule has 2 aromatic carbocycles. The Hall–Kier alpha value is -3.98. The lowest BCUT2D eigenvalue weighted by atomic mass is 9.75. The molecule has 0 bridgehead atoms. The minimum atomic E-state index is -0.783. The van der Waals surface area contributed by atoms with Gasteiger partial charge in [0, 0.05) is 34.0 Å². The zero-order chi connectivity index (χ0) is 26.5. The van der Waals surface area contributed by atoms with Crippen LogP contribution in [0.4, 0.5) is 10.8 Å². The molecule has 1 aliphatic heterocycles. The van der Waals surface area contributed by atoms with Gasteiger partial charge in [0.05, 0.1) is 24.5 Å². The Morgan fingerprint density at radius 1 is 1.03 bits per heavy atom. The molecule has 0 fully saturated rings. The Balaban J connectivity index is 1.76. The number of aromatic hydroxyl groups is 1.